The van der Waals surface area contributed by atoms with Crippen LogP contribution in [0.3, 0.4) is 0 Å². The zero-order chi connectivity index (χ0) is 17.4. The van der Waals surface area contributed by atoms with Gasteiger partial charge in [0.25, 0.3) is 5.24 Å². The Morgan fingerprint density at radius 3 is 2.12 bits per heavy atom. The van der Waals surface area contributed by atoms with Gasteiger partial charge in [-0.05, 0) is 23.9 Å². The van der Waals surface area contributed by atoms with Crippen molar-refractivity contribution < 1.29 is 9.59 Å². The Balaban J connectivity index is 2.26. The molecule has 122 valence electrons. The first kappa shape index (κ1) is 17.1. The Hall–Kier alpha value is -1.75. The highest BCUT2D eigenvalue weighted by atomic mass is 35.5. The molecular formula is C18H13Cl2NO2S. The number of carbonyl (C=O) groups excluding carboxylic acids is 2. The van der Waals surface area contributed by atoms with Crippen molar-refractivity contribution in [2.24, 2.45) is 0 Å². The van der Waals surface area contributed by atoms with Gasteiger partial charge < -0.3 is 4.90 Å². The topological polar surface area (TPSA) is 37.4 Å². The number of halogens is 2. The number of hydrogen-bond donors (Lipinski definition) is 0. The van der Waals surface area contributed by atoms with Gasteiger partial charge >= 0.3 is 0 Å². The first-order valence-electron chi connectivity index (χ1n) is 7.13. The van der Waals surface area contributed by atoms with Gasteiger partial charge in [0.05, 0.1) is 10.0 Å². The zero-order valence-corrected chi connectivity index (χ0v) is 15.3. The number of Topliss-reactive ketones (excluding diaryl/α,β-unsaturated/α-hetero) is 1. The van der Waals surface area contributed by atoms with E-state index in [2.05, 4.69) is 0 Å². The van der Waals surface area contributed by atoms with Crippen molar-refractivity contribution in [3.05, 3.63) is 69.2 Å². The second-order valence-electron chi connectivity index (χ2n) is 5.44. The zero-order valence-electron chi connectivity index (χ0n) is 13.0. The molecule has 0 radical (unpaired) electrons. The van der Waals surface area contributed by atoms with Crippen molar-refractivity contribution in [3.63, 3.8) is 0 Å². The van der Waals surface area contributed by atoms with E-state index in [1.54, 1.807) is 44.4 Å². The molecule has 2 aromatic rings. The highest BCUT2D eigenvalue weighted by Crippen LogP contribution is 2.48. The predicted octanol–water partition coefficient (Wildman–Crippen LogP) is 5.47. The molecule has 3 rings (SSSR count). The molecule has 1 aliphatic rings. The van der Waals surface area contributed by atoms with Crippen LogP contribution in [-0.2, 0) is 0 Å². The van der Waals surface area contributed by atoms with Gasteiger partial charge in [0, 0.05) is 41.3 Å². The molecule has 1 aliphatic carbocycles. The van der Waals surface area contributed by atoms with Crippen molar-refractivity contribution in [2.45, 2.75) is 0 Å². The van der Waals surface area contributed by atoms with Crippen LogP contribution in [-0.4, -0.2) is 30.0 Å². The number of benzene rings is 2. The largest absolute Gasteiger partial charge is 0.339 e. The average Bonchev–Trinajstić information content (AvgIpc) is 2.81. The Kier molecular flexibility index (Phi) is 4.72. The molecule has 24 heavy (non-hydrogen) atoms. The average molecular weight is 378 g/mol. The number of thioether (sulfide) groups is 1. The molecule has 3 nitrogen and oxygen atoms in total. The molecule has 1 amide bonds. The monoisotopic (exact) mass is 377 g/mol. The second kappa shape index (κ2) is 6.63. The maximum atomic E-state index is 12.9. The summed E-state index contributed by atoms with van der Waals surface area (Å²) in [5.41, 5.74) is 2.13. The molecule has 0 aliphatic heterocycles. The smallest absolute Gasteiger partial charge is 0.285 e. The van der Waals surface area contributed by atoms with E-state index >= 15 is 0 Å². The second-order valence-corrected chi connectivity index (χ2v) is 7.21. The molecule has 0 atom stereocenters. The van der Waals surface area contributed by atoms with E-state index in [-0.39, 0.29) is 11.0 Å². The van der Waals surface area contributed by atoms with Crippen molar-refractivity contribution in [3.8, 4) is 0 Å². The third-order valence-corrected chi connectivity index (χ3v) is 5.44. The van der Waals surface area contributed by atoms with Crippen LogP contribution >= 0.6 is 35.0 Å². The van der Waals surface area contributed by atoms with Gasteiger partial charge in [0.2, 0.25) is 0 Å². The van der Waals surface area contributed by atoms with Crippen molar-refractivity contribution >= 4 is 56.5 Å². The van der Waals surface area contributed by atoms with Crippen LogP contribution in [0.4, 0.5) is 4.79 Å². The van der Waals surface area contributed by atoms with Crippen molar-refractivity contribution in [1.29, 1.82) is 0 Å². The summed E-state index contributed by atoms with van der Waals surface area (Å²) in [6.45, 7) is 0. The maximum Gasteiger partial charge on any atom is 0.285 e. The summed E-state index contributed by atoms with van der Waals surface area (Å²) < 4.78 is 0. The molecule has 0 bridgehead atoms. The normalized spacial score (nSPS) is 13.2. The molecular weight excluding hydrogens is 365 g/mol. The fourth-order valence-corrected chi connectivity index (χ4v) is 4.03. The van der Waals surface area contributed by atoms with Gasteiger partial charge in [-0.25, -0.2) is 0 Å². The molecule has 0 spiro atoms. The van der Waals surface area contributed by atoms with Crippen molar-refractivity contribution in [1.82, 2.24) is 4.90 Å². The lowest BCUT2D eigenvalue weighted by atomic mass is 10.0. The van der Waals surface area contributed by atoms with Crippen LogP contribution in [0.5, 0.6) is 0 Å². The number of allylic oxidation sites excluding steroid dienone is 1. The summed E-state index contributed by atoms with van der Waals surface area (Å²) in [4.78, 5) is 27.2. The highest BCUT2D eigenvalue weighted by molar-refractivity contribution is 8.21. The SMILES string of the molecule is CN(C)C(=O)SC1=C(c2c(Cl)cccc2Cl)C(=O)c2ccccc21. The predicted molar refractivity (Wildman–Crippen MR) is 101 cm³/mol. The summed E-state index contributed by atoms with van der Waals surface area (Å²) in [5.74, 6) is -0.172. The third-order valence-electron chi connectivity index (χ3n) is 3.64. The van der Waals surface area contributed by atoms with Crippen LogP contribution in [0.15, 0.2) is 42.5 Å². The van der Waals surface area contributed by atoms with Crippen LogP contribution in [0.25, 0.3) is 10.5 Å². The minimum Gasteiger partial charge on any atom is -0.339 e. The Morgan fingerprint density at radius 1 is 0.958 bits per heavy atom. The summed E-state index contributed by atoms with van der Waals surface area (Å²) in [6.07, 6.45) is 0. The standard InChI is InChI=1S/C18H13Cl2NO2S/c1-21(2)18(23)24-17-11-7-4-3-6-10(11)16(22)15(17)14-12(19)8-5-9-13(14)20/h3-9H,1-2H3. The lowest BCUT2D eigenvalue weighted by molar-refractivity contribution is 0.105. The summed E-state index contributed by atoms with van der Waals surface area (Å²) in [5, 5.41) is 0.596. The van der Waals surface area contributed by atoms with Crippen LogP contribution < -0.4 is 0 Å². The van der Waals surface area contributed by atoms with Gasteiger partial charge in [-0.2, -0.15) is 0 Å². The molecule has 2 aromatic carbocycles. The van der Waals surface area contributed by atoms with E-state index < -0.39 is 0 Å². The first-order valence-corrected chi connectivity index (χ1v) is 8.71. The number of fused-ring (bicyclic) bond motifs is 1. The van der Waals surface area contributed by atoms with Gasteiger partial charge in [0.15, 0.2) is 5.78 Å². The van der Waals surface area contributed by atoms with Gasteiger partial charge in [-0.15, -0.1) is 0 Å². The number of rotatable bonds is 2. The highest BCUT2D eigenvalue weighted by Gasteiger charge is 2.34. The fraction of sp³-hybridized carbons (Fsp3) is 0.111. The number of ketones is 1. The molecule has 6 heteroatoms. The van der Waals surface area contributed by atoms with E-state index in [1.165, 1.54) is 4.90 Å². The lowest BCUT2D eigenvalue weighted by Crippen LogP contribution is -2.16. The molecule has 0 unspecified atom stereocenters. The first-order chi connectivity index (χ1) is 11.4. The molecule has 0 aromatic heterocycles. The van der Waals surface area contributed by atoms with Gasteiger partial charge in [-0.1, -0.05) is 53.5 Å². The van der Waals surface area contributed by atoms with Gasteiger partial charge in [-0.3, -0.25) is 9.59 Å². The number of nitrogens with zero attached hydrogens (tertiary/aromatic N) is 1. The van der Waals surface area contributed by atoms with Crippen LogP contribution in [0.1, 0.15) is 21.5 Å². The number of hydrogen-bond acceptors (Lipinski definition) is 3. The van der Waals surface area contributed by atoms with Gasteiger partial charge in [0.1, 0.15) is 0 Å². The number of carbonyl (C=O) groups is 2. The third kappa shape index (κ3) is 2.86. The number of amides is 1. The minimum atomic E-state index is -0.172. The molecule has 0 heterocycles. The van der Waals surface area contributed by atoms with Crippen LogP contribution in [0, 0.1) is 0 Å². The minimum absolute atomic E-state index is 0.171. The fourth-order valence-electron chi connectivity index (χ4n) is 2.50. The Bertz CT molecular complexity index is 870. The van der Waals surface area contributed by atoms with Crippen molar-refractivity contribution in [2.75, 3.05) is 14.1 Å². The van der Waals surface area contributed by atoms with Crippen LogP contribution in [0.2, 0.25) is 10.0 Å². The van der Waals surface area contributed by atoms with E-state index in [1.807, 2.05) is 12.1 Å². The Labute approximate surface area is 154 Å². The summed E-state index contributed by atoms with van der Waals surface area (Å²) in [6, 6.07) is 12.3. The Morgan fingerprint density at radius 2 is 1.54 bits per heavy atom. The molecule has 0 saturated heterocycles. The van der Waals surface area contributed by atoms with E-state index in [9.17, 15) is 9.59 Å². The summed E-state index contributed by atoms with van der Waals surface area (Å²) in [7, 11) is 3.33. The van der Waals surface area contributed by atoms with E-state index in [0.29, 0.717) is 31.7 Å². The summed E-state index contributed by atoms with van der Waals surface area (Å²) >= 11 is 13.6. The molecule has 0 N–H and O–H groups in total. The molecule has 0 saturated carbocycles. The quantitative estimate of drug-likeness (QED) is 0.695. The van der Waals surface area contributed by atoms with E-state index in [4.69, 9.17) is 23.2 Å². The lowest BCUT2D eigenvalue weighted by Gasteiger charge is -2.13. The molecule has 0 fully saturated rings. The van der Waals surface area contributed by atoms with E-state index in [0.717, 1.165) is 17.3 Å². The maximum absolute atomic E-state index is 12.9.